The van der Waals surface area contributed by atoms with Gasteiger partial charge in [0.05, 0.1) is 4.92 Å². The quantitative estimate of drug-likeness (QED) is 0.611. The van der Waals surface area contributed by atoms with Gasteiger partial charge in [0.15, 0.2) is 0 Å². The van der Waals surface area contributed by atoms with E-state index in [9.17, 15) is 14.9 Å². The first-order valence-electron chi connectivity index (χ1n) is 6.28. The molecule has 19 heavy (non-hydrogen) atoms. The minimum Gasteiger partial charge on any atom is -0.380 e. The van der Waals surface area contributed by atoms with E-state index in [1.165, 1.54) is 6.07 Å². The molecule has 2 N–H and O–H groups in total. The monoisotopic (exact) mass is 265 g/mol. The zero-order chi connectivity index (χ0) is 14.4. The van der Waals surface area contributed by atoms with Gasteiger partial charge in [0, 0.05) is 24.2 Å². The van der Waals surface area contributed by atoms with Crippen molar-refractivity contribution >= 4 is 17.3 Å². The van der Waals surface area contributed by atoms with Gasteiger partial charge in [-0.15, -0.1) is 0 Å². The number of hydrogen-bond acceptors (Lipinski definition) is 4. The molecule has 1 aromatic rings. The Morgan fingerprint density at radius 3 is 2.63 bits per heavy atom. The highest BCUT2D eigenvalue weighted by molar-refractivity contribution is 5.95. The number of anilines is 1. The number of nitro groups is 1. The molecule has 6 nitrogen and oxygen atoms in total. The lowest BCUT2D eigenvalue weighted by atomic mass is 10.1. The predicted molar refractivity (Wildman–Crippen MR) is 74.5 cm³/mol. The van der Waals surface area contributed by atoms with Gasteiger partial charge >= 0.3 is 0 Å². The summed E-state index contributed by atoms with van der Waals surface area (Å²) in [5, 5.41) is 16.7. The minimum atomic E-state index is -0.482. The number of carbonyl (C=O) groups is 1. The normalized spacial score (nSPS) is 10.3. The number of nitrogens with zero attached hydrogens (tertiary/aromatic N) is 1. The Balaban J connectivity index is 3.02. The maximum absolute atomic E-state index is 11.8. The molecule has 1 aromatic carbocycles. The maximum Gasteiger partial charge on any atom is 0.293 e. The van der Waals surface area contributed by atoms with Crippen LogP contribution in [0, 0.1) is 10.1 Å². The number of carbonyl (C=O) groups excluding carboxylic acids is 1. The van der Waals surface area contributed by atoms with E-state index in [1.807, 2.05) is 20.8 Å². The fourth-order valence-corrected chi connectivity index (χ4v) is 1.58. The Morgan fingerprint density at radius 1 is 1.42 bits per heavy atom. The van der Waals surface area contributed by atoms with Crippen LogP contribution in [-0.4, -0.2) is 23.4 Å². The lowest BCUT2D eigenvalue weighted by Gasteiger charge is -2.10. The summed E-state index contributed by atoms with van der Waals surface area (Å²) in [6, 6.07) is 4.45. The van der Waals surface area contributed by atoms with Gasteiger partial charge in [0.25, 0.3) is 11.6 Å². The van der Waals surface area contributed by atoms with E-state index in [2.05, 4.69) is 10.6 Å². The Labute approximate surface area is 112 Å². The molecular weight excluding hydrogens is 246 g/mol. The number of benzene rings is 1. The zero-order valence-corrected chi connectivity index (χ0v) is 11.4. The second kappa shape index (κ2) is 6.72. The second-order valence-corrected chi connectivity index (χ2v) is 4.54. The van der Waals surface area contributed by atoms with E-state index in [0.717, 1.165) is 6.42 Å². The Bertz CT molecular complexity index is 472. The number of hydrogen-bond donors (Lipinski definition) is 2. The highest BCUT2D eigenvalue weighted by Crippen LogP contribution is 2.25. The third-order valence-electron chi connectivity index (χ3n) is 2.44. The van der Waals surface area contributed by atoms with Crippen LogP contribution in [0.5, 0.6) is 0 Å². The summed E-state index contributed by atoms with van der Waals surface area (Å²) in [4.78, 5) is 22.3. The smallest absolute Gasteiger partial charge is 0.293 e. The van der Waals surface area contributed by atoms with Crippen LogP contribution < -0.4 is 10.6 Å². The molecule has 0 radical (unpaired) electrons. The first-order valence-corrected chi connectivity index (χ1v) is 6.28. The molecule has 0 spiro atoms. The molecule has 0 fully saturated rings. The van der Waals surface area contributed by atoms with Crippen molar-refractivity contribution < 1.29 is 9.72 Å². The van der Waals surface area contributed by atoms with Crippen molar-refractivity contribution in [2.75, 3.05) is 11.9 Å². The molecule has 0 aliphatic carbocycles. The summed E-state index contributed by atoms with van der Waals surface area (Å²) in [6.07, 6.45) is 0.868. The van der Waals surface area contributed by atoms with Crippen molar-refractivity contribution in [2.24, 2.45) is 0 Å². The average molecular weight is 265 g/mol. The summed E-state index contributed by atoms with van der Waals surface area (Å²) in [5.41, 5.74) is 0.653. The molecule has 1 amide bonds. The molecule has 6 heteroatoms. The number of nitrogens with one attached hydrogen (secondary N) is 2. The standard InChI is InChI=1S/C13H19N3O3/c1-4-7-14-11-6-5-10(8-12(11)16(18)19)13(17)15-9(2)3/h5-6,8-9,14H,4,7H2,1-3H3,(H,15,17). The van der Waals surface area contributed by atoms with Crippen molar-refractivity contribution in [3.05, 3.63) is 33.9 Å². The summed E-state index contributed by atoms with van der Waals surface area (Å²) in [5.74, 6) is -0.305. The highest BCUT2D eigenvalue weighted by Gasteiger charge is 2.17. The zero-order valence-electron chi connectivity index (χ0n) is 11.4. The molecule has 0 saturated heterocycles. The van der Waals surface area contributed by atoms with Crippen LogP contribution in [0.4, 0.5) is 11.4 Å². The molecule has 0 bridgehead atoms. The third-order valence-corrected chi connectivity index (χ3v) is 2.44. The highest BCUT2D eigenvalue weighted by atomic mass is 16.6. The second-order valence-electron chi connectivity index (χ2n) is 4.54. The minimum absolute atomic E-state index is 0.00977. The SMILES string of the molecule is CCCNc1ccc(C(=O)NC(C)C)cc1[N+](=O)[O-]. The molecule has 0 atom stereocenters. The van der Waals surface area contributed by atoms with Gasteiger partial charge in [-0.2, -0.15) is 0 Å². The fourth-order valence-electron chi connectivity index (χ4n) is 1.58. The van der Waals surface area contributed by atoms with Gasteiger partial charge in [0.2, 0.25) is 0 Å². The topological polar surface area (TPSA) is 84.3 Å². The lowest BCUT2D eigenvalue weighted by molar-refractivity contribution is -0.384. The Morgan fingerprint density at radius 2 is 2.11 bits per heavy atom. The van der Waals surface area contributed by atoms with E-state index >= 15 is 0 Å². The first kappa shape index (κ1) is 14.9. The number of nitro benzene ring substituents is 1. The van der Waals surface area contributed by atoms with Crippen LogP contribution in [0.3, 0.4) is 0 Å². The van der Waals surface area contributed by atoms with Crippen LogP contribution in [0.1, 0.15) is 37.6 Å². The fraction of sp³-hybridized carbons (Fsp3) is 0.462. The number of rotatable bonds is 6. The van der Waals surface area contributed by atoms with Crippen LogP contribution >= 0.6 is 0 Å². The van der Waals surface area contributed by atoms with E-state index in [0.29, 0.717) is 17.8 Å². The van der Waals surface area contributed by atoms with E-state index in [-0.39, 0.29) is 17.6 Å². The third kappa shape index (κ3) is 4.24. The molecule has 104 valence electrons. The van der Waals surface area contributed by atoms with Gasteiger partial charge < -0.3 is 10.6 Å². The van der Waals surface area contributed by atoms with Gasteiger partial charge in [-0.25, -0.2) is 0 Å². The van der Waals surface area contributed by atoms with Crippen molar-refractivity contribution in [1.29, 1.82) is 0 Å². The van der Waals surface area contributed by atoms with E-state index in [4.69, 9.17) is 0 Å². The Hall–Kier alpha value is -2.11. The van der Waals surface area contributed by atoms with Crippen molar-refractivity contribution in [1.82, 2.24) is 5.32 Å². The van der Waals surface area contributed by atoms with Crippen LogP contribution in [-0.2, 0) is 0 Å². The molecule has 0 aliphatic heterocycles. The summed E-state index contributed by atoms with van der Waals surface area (Å²) in [6.45, 7) is 6.30. The van der Waals surface area contributed by atoms with Gasteiger partial charge in [-0.3, -0.25) is 14.9 Å². The average Bonchev–Trinajstić information content (AvgIpc) is 2.35. The maximum atomic E-state index is 11.8. The van der Waals surface area contributed by atoms with Crippen LogP contribution in [0.15, 0.2) is 18.2 Å². The largest absolute Gasteiger partial charge is 0.380 e. The van der Waals surface area contributed by atoms with Crippen molar-refractivity contribution in [3.63, 3.8) is 0 Å². The van der Waals surface area contributed by atoms with E-state index < -0.39 is 4.92 Å². The van der Waals surface area contributed by atoms with Crippen molar-refractivity contribution in [2.45, 2.75) is 33.2 Å². The van der Waals surface area contributed by atoms with Crippen molar-refractivity contribution in [3.8, 4) is 0 Å². The first-order chi connectivity index (χ1) is 8.95. The summed E-state index contributed by atoms with van der Waals surface area (Å²) in [7, 11) is 0. The van der Waals surface area contributed by atoms with Crippen LogP contribution in [0.25, 0.3) is 0 Å². The Kier molecular flexibility index (Phi) is 5.29. The number of amides is 1. The summed E-state index contributed by atoms with van der Waals surface area (Å²) >= 11 is 0. The molecule has 1 rings (SSSR count). The van der Waals surface area contributed by atoms with Crippen LogP contribution in [0.2, 0.25) is 0 Å². The molecule has 0 heterocycles. The van der Waals surface area contributed by atoms with Gasteiger partial charge in [-0.05, 0) is 32.4 Å². The van der Waals surface area contributed by atoms with Gasteiger partial charge in [-0.1, -0.05) is 6.92 Å². The molecule has 0 aromatic heterocycles. The van der Waals surface area contributed by atoms with E-state index in [1.54, 1.807) is 12.1 Å². The molecule has 0 unspecified atom stereocenters. The predicted octanol–water partition coefficient (Wildman–Crippen LogP) is 2.55. The molecule has 0 saturated carbocycles. The summed E-state index contributed by atoms with van der Waals surface area (Å²) < 4.78 is 0. The lowest BCUT2D eigenvalue weighted by Crippen LogP contribution is -2.30. The molecular formula is C13H19N3O3. The van der Waals surface area contributed by atoms with Gasteiger partial charge in [0.1, 0.15) is 5.69 Å². The molecule has 0 aliphatic rings.